The van der Waals surface area contributed by atoms with Gasteiger partial charge in [-0.2, -0.15) is 0 Å². The number of aryl methyl sites for hydroxylation is 2. The average Bonchev–Trinajstić information content (AvgIpc) is 2.49. The molecule has 1 amide bonds. The number of rotatable bonds is 6. The maximum atomic E-state index is 11.8. The Hall–Kier alpha value is -2.36. The summed E-state index contributed by atoms with van der Waals surface area (Å²) >= 11 is 0. The Morgan fingerprint density at radius 1 is 1.14 bits per heavy atom. The Kier molecular flexibility index (Phi) is 5.32. The molecule has 0 atom stereocenters. The van der Waals surface area contributed by atoms with E-state index in [1.165, 1.54) is 5.56 Å². The number of hydrogen-bond acceptors (Lipinski definition) is 2. The molecule has 2 N–H and O–H groups in total. The van der Waals surface area contributed by atoms with Crippen LogP contribution in [0.1, 0.15) is 17.5 Å². The van der Waals surface area contributed by atoms with Crippen LogP contribution in [0.4, 0.5) is 0 Å². The molecule has 0 saturated carbocycles. The number of nitrogens with one attached hydrogen (secondary N) is 1. The van der Waals surface area contributed by atoms with Crippen LogP contribution in [0.15, 0.2) is 48.8 Å². The first-order chi connectivity index (χ1) is 10.1. The molecule has 0 aliphatic rings. The molecule has 4 heteroatoms. The van der Waals surface area contributed by atoms with Crippen molar-refractivity contribution in [3.63, 3.8) is 0 Å². The molecular weight excluding hydrogens is 264 g/mol. The van der Waals surface area contributed by atoms with E-state index in [0.717, 1.165) is 12.0 Å². The molecule has 0 radical (unpaired) electrons. The fraction of sp³-hybridized carbons (Fsp3) is 0.294. The minimum Gasteiger partial charge on any atom is -0.508 e. The molecule has 0 aliphatic heterocycles. The van der Waals surface area contributed by atoms with Crippen molar-refractivity contribution in [1.29, 1.82) is 0 Å². The van der Waals surface area contributed by atoms with E-state index < -0.39 is 0 Å². The van der Waals surface area contributed by atoms with Crippen LogP contribution in [0.25, 0.3) is 0 Å². The molecule has 0 bridgehead atoms. The van der Waals surface area contributed by atoms with Gasteiger partial charge >= 0.3 is 0 Å². The maximum absolute atomic E-state index is 11.8. The lowest BCUT2D eigenvalue weighted by atomic mass is 10.1. The second-order valence-electron chi connectivity index (χ2n) is 5.13. The molecule has 21 heavy (non-hydrogen) atoms. The van der Waals surface area contributed by atoms with Gasteiger partial charge in [-0.3, -0.25) is 4.79 Å². The van der Waals surface area contributed by atoms with Crippen molar-refractivity contribution in [3.8, 4) is 5.75 Å². The number of pyridine rings is 1. The third kappa shape index (κ3) is 5.26. The number of phenolic OH excluding ortho intramolecular Hbond substituents is 1. The third-order valence-electron chi connectivity index (χ3n) is 3.33. The standard InChI is InChI=1S/C17H20N2O2/c1-14-7-11-19(12-8-14)13-9-17(21)18-10-6-15-2-4-16(20)5-3-15/h2-5,7-8,11-12H,6,9-10,13H2,1H3,(H-,18,20,21)/p+1. The van der Waals surface area contributed by atoms with Crippen LogP contribution in [0.5, 0.6) is 5.75 Å². The van der Waals surface area contributed by atoms with Gasteiger partial charge in [-0.1, -0.05) is 12.1 Å². The number of aromatic hydroxyl groups is 1. The van der Waals surface area contributed by atoms with Crippen molar-refractivity contribution >= 4 is 5.91 Å². The molecular formula is C17H21N2O2+. The van der Waals surface area contributed by atoms with E-state index in [0.29, 0.717) is 19.5 Å². The highest BCUT2D eigenvalue weighted by molar-refractivity contribution is 5.75. The largest absolute Gasteiger partial charge is 0.508 e. The van der Waals surface area contributed by atoms with Gasteiger partial charge in [0.15, 0.2) is 18.9 Å². The van der Waals surface area contributed by atoms with Gasteiger partial charge in [-0.05, 0) is 36.6 Å². The van der Waals surface area contributed by atoms with Crippen LogP contribution in [-0.2, 0) is 17.8 Å². The fourth-order valence-electron chi connectivity index (χ4n) is 2.01. The summed E-state index contributed by atoms with van der Waals surface area (Å²) in [6.07, 6.45) is 5.21. The van der Waals surface area contributed by atoms with E-state index in [1.807, 2.05) is 48.1 Å². The number of hydrogen-bond donors (Lipinski definition) is 2. The Balaban J connectivity index is 1.67. The molecule has 0 unspecified atom stereocenters. The molecule has 1 aromatic carbocycles. The van der Waals surface area contributed by atoms with Crippen LogP contribution in [0.3, 0.4) is 0 Å². The zero-order chi connectivity index (χ0) is 15.1. The van der Waals surface area contributed by atoms with Crippen LogP contribution >= 0.6 is 0 Å². The lowest BCUT2D eigenvalue weighted by molar-refractivity contribution is -0.695. The van der Waals surface area contributed by atoms with Crippen LogP contribution in [-0.4, -0.2) is 17.6 Å². The second kappa shape index (κ2) is 7.43. The number of nitrogens with zero attached hydrogens (tertiary/aromatic N) is 1. The number of carbonyl (C=O) groups is 1. The molecule has 110 valence electrons. The van der Waals surface area contributed by atoms with Crippen LogP contribution < -0.4 is 9.88 Å². The monoisotopic (exact) mass is 285 g/mol. The Morgan fingerprint density at radius 2 is 1.81 bits per heavy atom. The summed E-state index contributed by atoms with van der Waals surface area (Å²) in [7, 11) is 0. The molecule has 1 heterocycles. The van der Waals surface area contributed by atoms with Crippen molar-refractivity contribution in [2.75, 3.05) is 6.54 Å². The second-order valence-corrected chi connectivity index (χ2v) is 5.13. The summed E-state index contributed by atoms with van der Waals surface area (Å²) in [5.74, 6) is 0.319. The zero-order valence-electron chi connectivity index (χ0n) is 12.2. The SMILES string of the molecule is Cc1cc[n+](CCC(=O)NCCc2ccc(O)cc2)cc1. The predicted octanol–water partition coefficient (Wildman–Crippen LogP) is 1.74. The lowest BCUT2D eigenvalue weighted by Crippen LogP contribution is -2.36. The number of amides is 1. The highest BCUT2D eigenvalue weighted by atomic mass is 16.3. The van der Waals surface area contributed by atoms with Crippen molar-refractivity contribution in [2.45, 2.75) is 26.3 Å². The number of phenols is 1. The van der Waals surface area contributed by atoms with Gasteiger partial charge in [0.25, 0.3) is 0 Å². The van der Waals surface area contributed by atoms with Gasteiger partial charge in [-0.15, -0.1) is 0 Å². The molecule has 4 nitrogen and oxygen atoms in total. The smallest absolute Gasteiger partial charge is 0.226 e. The summed E-state index contributed by atoms with van der Waals surface area (Å²) in [5, 5.41) is 12.1. The number of carbonyl (C=O) groups excluding carboxylic acids is 1. The quantitative estimate of drug-likeness (QED) is 0.794. The lowest BCUT2D eigenvalue weighted by Gasteiger charge is -2.04. The summed E-state index contributed by atoms with van der Waals surface area (Å²) in [6, 6.07) is 11.1. The van der Waals surface area contributed by atoms with E-state index >= 15 is 0 Å². The van der Waals surface area contributed by atoms with Gasteiger partial charge in [0, 0.05) is 18.7 Å². The van der Waals surface area contributed by atoms with E-state index in [9.17, 15) is 9.90 Å². The predicted molar refractivity (Wildman–Crippen MR) is 80.8 cm³/mol. The molecule has 2 rings (SSSR count). The summed E-state index contributed by atoms with van der Waals surface area (Å²) in [4.78, 5) is 11.8. The van der Waals surface area contributed by atoms with E-state index in [4.69, 9.17) is 0 Å². The van der Waals surface area contributed by atoms with Gasteiger partial charge in [0.1, 0.15) is 5.75 Å². The molecule has 0 spiro atoms. The number of aromatic nitrogens is 1. The molecule has 0 fully saturated rings. The van der Waals surface area contributed by atoms with Crippen molar-refractivity contribution < 1.29 is 14.5 Å². The molecule has 0 saturated heterocycles. The highest BCUT2D eigenvalue weighted by Crippen LogP contribution is 2.09. The first kappa shape index (κ1) is 15.0. The van der Waals surface area contributed by atoms with Crippen molar-refractivity contribution in [2.24, 2.45) is 0 Å². The summed E-state index contributed by atoms with van der Waals surface area (Å²) in [6.45, 7) is 3.34. The summed E-state index contributed by atoms with van der Waals surface area (Å²) in [5.41, 5.74) is 2.31. The first-order valence-electron chi connectivity index (χ1n) is 7.14. The van der Waals surface area contributed by atoms with Crippen molar-refractivity contribution in [3.05, 3.63) is 59.9 Å². The normalized spacial score (nSPS) is 10.3. The third-order valence-corrected chi connectivity index (χ3v) is 3.33. The van der Waals surface area contributed by atoms with Crippen LogP contribution in [0, 0.1) is 6.92 Å². The molecule has 0 aliphatic carbocycles. The van der Waals surface area contributed by atoms with Gasteiger partial charge in [-0.25, -0.2) is 4.57 Å². The fourth-order valence-corrected chi connectivity index (χ4v) is 2.01. The topological polar surface area (TPSA) is 53.2 Å². The minimum atomic E-state index is 0.0573. The Bertz CT molecular complexity index is 577. The molecule has 1 aromatic heterocycles. The molecule has 2 aromatic rings. The first-order valence-corrected chi connectivity index (χ1v) is 7.14. The van der Waals surface area contributed by atoms with E-state index in [-0.39, 0.29) is 11.7 Å². The number of benzene rings is 1. The van der Waals surface area contributed by atoms with Gasteiger partial charge < -0.3 is 10.4 Å². The average molecular weight is 285 g/mol. The zero-order valence-corrected chi connectivity index (χ0v) is 12.2. The minimum absolute atomic E-state index is 0.0573. The summed E-state index contributed by atoms with van der Waals surface area (Å²) < 4.78 is 2.01. The Labute approximate surface area is 125 Å². The van der Waals surface area contributed by atoms with Crippen molar-refractivity contribution in [1.82, 2.24) is 5.32 Å². The van der Waals surface area contributed by atoms with Gasteiger partial charge in [0.2, 0.25) is 5.91 Å². The highest BCUT2D eigenvalue weighted by Gasteiger charge is 2.06. The maximum Gasteiger partial charge on any atom is 0.226 e. The van der Waals surface area contributed by atoms with E-state index in [1.54, 1.807) is 12.1 Å². The van der Waals surface area contributed by atoms with Crippen LogP contribution in [0.2, 0.25) is 0 Å². The Morgan fingerprint density at radius 3 is 2.48 bits per heavy atom. The van der Waals surface area contributed by atoms with E-state index in [2.05, 4.69) is 5.32 Å². The van der Waals surface area contributed by atoms with Gasteiger partial charge in [0.05, 0.1) is 6.42 Å².